The van der Waals surface area contributed by atoms with E-state index >= 15 is 0 Å². The van der Waals surface area contributed by atoms with Crippen LogP contribution in [0.5, 0.6) is 0 Å². The van der Waals surface area contributed by atoms with E-state index in [1.165, 1.54) is 24.8 Å². The Morgan fingerprint density at radius 2 is 1.84 bits per heavy atom. The van der Waals surface area contributed by atoms with Gasteiger partial charge in [0.15, 0.2) is 0 Å². The predicted octanol–water partition coefficient (Wildman–Crippen LogP) is 4.55. The molecule has 2 saturated carbocycles. The summed E-state index contributed by atoms with van der Waals surface area (Å²) in [6.45, 7) is 1.95. The quantitative estimate of drug-likeness (QED) is 0.363. The zero-order valence-corrected chi connectivity index (χ0v) is 22.2. The Labute approximate surface area is 222 Å². The topological polar surface area (TPSA) is 97.8 Å². The van der Waals surface area contributed by atoms with E-state index in [2.05, 4.69) is 19.9 Å². The first-order valence-corrected chi connectivity index (χ1v) is 14.4. The van der Waals surface area contributed by atoms with Crippen LogP contribution in [0.4, 0.5) is 22.9 Å². The molecule has 3 heterocycles. The number of hydrogen-bond acceptors (Lipinski definition) is 7. The minimum Gasteiger partial charge on any atom is -0.395 e. The highest BCUT2D eigenvalue weighted by molar-refractivity contribution is 8.00. The average Bonchev–Trinajstić information content (AvgIpc) is 3.40. The normalized spacial score (nSPS) is 21.0. The van der Waals surface area contributed by atoms with E-state index in [-0.39, 0.29) is 18.4 Å². The van der Waals surface area contributed by atoms with Gasteiger partial charge in [0.1, 0.15) is 5.82 Å². The lowest BCUT2D eigenvalue weighted by atomic mass is 9.80. The summed E-state index contributed by atoms with van der Waals surface area (Å²) in [6, 6.07) is 7.81. The number of nitrogens with zero attached hydrogens (tertiary/aromatic N) is 3. The van der Waals surface area contributed by atoms with E-state index < -0.39 is 5.41 Å². The van der Waals surface area contributed by atoms with Gasteiger partial charge in [0.05, 0.1) is 23.3 Å². The van der Waals surface area contributed by atoms with Crippen LogP contribution in [-0.4, -0.2) is 54.4 Å². The Morgan fingerprint density at radius 1 is 1.08 bits per heavy atom. The maximum atomic E-state index is 13.6. The third-order valence-electron chi connectivity index (χ3n) is 8.92. The molecule has 37 heavy (non-hydrogen) atoms. The van der Waals surface area contributed by atoms with Crippen molar-refractivity contribution < 1.29 is 14.7 Å². The fourth-order valence-corrected chi connectivity index (χ4v) is 6.95. The second kappa shape index (κ2) is 9.51. The second-order valence-corrected chi connectivity index (χ2v) is 12.0. The summed E-state index contributed by atoms with van der Waals surface area (Å²) in [5.41, 5.74) is 4.23. The number of anilines is 4. The fraction of sp³-hybridized carbons (Fsp3) is 0.536. The standard InChI is InChI=1S/C28H35N5O3S/c1-32-22-5-4-19(16-21(22)28(26(32)36)6-2-3-7-28)30-25(35)20-18-29-24(31-37-15-14-34)17-23(20)33-12-10-27(8-9-27)11-13-33/h4-5,16-18,34H,2-3,6-15H2,1H3,(H,29,31)(H,30,35). The van der Waals surface area contributed by atoms with E-state index in [1.54, 1.807) is 11.1 Å². The van der Waals surface area contributed by atoms with Crippen LogP contribution in [0.2, 0.25) is 0 Å². The maximum absolute atomic E-state index is 13.6. The van der Waals surface area contributed by atoms with Crippen LogP contribution in [0, 0.1) is 5.41 Å². The molecule has 0 bridgehead atoms. The van der Waals surface area contributed by atoms with E-state index in [0.717, 1.165) is 68.6 Å². The van der Waals surface area contributed by atoms with Gasteiger partial charge in [-0.05, 0) is 79.7 Å². The zero-order chi connectivity index (χ0) is 25.6. The summed E-state index contributed by atoms with van der Waals surface area (Å²) in [6.07, 6.45) is 10.5. The van der Waals surface area contributed by atoms with Crippen LogP contribution < -0.4 is 19.8 Å². The lowest BCUT2D eigenvalue weighted by Gasteiger charge is -2.35. The van der Waals surface area contributed by atoms with Crippen molar-refractivity contribution >= 4 is 46.6 Å². The molecular formula is C28H35N5O3S. The molecule has 4 aliphatic rings. The van der Waals surface area contributed by atoms with Crippen LogP contribution >= 0.6 is 11.9 Å². The maximum Gasteiger partial charge on any atom is 0.259 e. The van der Waals surface area contributed by atoms with Gasteiger partial charge >= 0.3 is 0 Å². The summed E-state index contributed by atoms with van der Waals surface area (Å²) in [5, 5.41) is 12.2. The van der Waals surface area contributed by atoms with Crippen LogP contribution in [-0.2, 0) is 10.2 Å². The second-order valence-electron chi connectivity index (χ2n) is 11.1. The molecule has 2 aliphatic heterocycles. The van der Waals surface area contributed by atoms with Crippen molar-refractivity contribution in [1.29, 1.82) is 0 Å². The monoisotopic (exact) mass is 521 g/mol. The minimum absolute atomic E-state index is 0.0860. The molecule has 3 fully saturated rings. The van der Waals surface area contributed by atoms with Crippen LogP contribution in [0.25, 0.3) is 0 Å². The molecule has 1 aromatic heterocycles. The number of aliphatic hydroxyl groups is 1. The van der Waals surface area contributed by atoms with Crippen molar-refractivity contribution in [1.82, 2.24) is 4.98 Å². The highest BCUT2D eigenvalue weighted by atomic mass is 32.2. The summed E-state index contributed by atoms with van der Waals surface area (Å²) in [5.74, 6) is 1.22. The fourth-order valence-electron chi connectivity index (χ4n) is 6.50. The number of likely N-dealkylation sites (N-methyl/N-ethyl adjacent to an activating group) is 1. The van der Waals surface area contributed by atoms with Gasteiger partial charge < -0.3 is 24.9 Å². The van der Waals surface area contributed by atoms with Gasteiger partial charge in [0.2, 0.25) is 5.91 Å². The van der Waals surface area contributed by atoms with Crippen molar-refractivity contribution in [2.24, 2.45) is 5.41 Å². The molecular weight excluding hydrogens is 486 g/mol. The number of nitrogens with one attached hydrogen (secondary N) is 2. The molecule has 2 aliphatic carbocycles. The van der Waals surface area contributed by atoms with Crippen molar-refractivity contribution in [3.05, 3.63) is 41.6 Å². The molecule has 2 amide bonds. The summed E-state index contributed by atoms with van der Waals surface area (Å²) in [7, 11) is 1.85. The molecule has 2 aromatic rings. The third kappa shape index (κ3) is 4.36. The lowest BCUT2D eigenvalue weighted by Crippen LogP contribution is -2.36. The molecule has 2 spiro atoms. The number of piperidine rings is 1. The van der Waals surface area contributed by atoms with Gasteiger partial charge in [-0.2, -0.15) is 0 Å². The Balaban J connectivity index is 1.27. The van der Waals surface area contributed by atoms with E-state index in [4.69, 9.17) is 5.11 Å². The van der Waals surface area contributed by atoms with E-state index in [1.807, 2.05) is 31.3 Å². The molecule has 9 heteroatoms. The number of aliphatic hydroxyl groups excluding tert-OH is 1. The Hall–Kier alpha value is -2.78. The van der Waals surface area contributed by atoms with Gasteiger partial charge in [-0.25, -0.2) is 4.98 Å². The first-order chi connectivity index (χ1) is 17.9. The summed E-state index contributed by atoms with van der Waals surface area (Å²) < 4.78 is 3.18. The smallest absolute Gasteiger partial charge is 0.259 e. The molecule has 1 aromatic carbocycles. The van der Waals surface area contributed by atoms with Crippen molar-refractivity contribution in [3.8, 4) is 0 Å². The molecule has 1 saturated heterocycles. The highest BCUT2D eigenvalue weighted by Gasteiger charge is 2.51. The molecule has 0 atom stereocenters. The number of carbonyl (C=O) groups excluding carboxylic acids is 2. The molecule has 3 N–H and O–H groups in total. The minimum atomic E-state index is -0.441. The number of pyridine rings is 1. The van der Waals surface area contributed by atoms with Gasteiger partial charge in [-0.15, -0.1) is 0 Å². The number of amides is 2. The number of hydrogen-bond donors (Lipinski definition) is 3. The van der Waals surface area contributed by atoms with Crippen LogP contribution in [0.15, 0.2) is 30.5 Å². The van der Waals surface area contributed by atoms with E-state index in [9.17, 15) is 9.59 Å². The Morgan fingerprint density at radius 3 is 2.54 bits per heavy atom. The SMILES string of the molecule is CN1C(=O)C2(CCCC2)c2cc(NC(=O)c3cnc(NSCCO)cc3N3CCC4(CC3)CC4)ccc21. The summed E-state index contributed by atoms with van der Waals surface area (Å²) >= 11 is 1.40. The van der Waals surface area contributed by atoms with Gasteiger partial charge in [0, 0.05) is 49.5 Å². The zero-order valence-electron chi connectivity index (χ0n) is 21.4. The van der Waals surface area contributed by atoms with Gasteiger partial charge in [0.25, 0.3) is 5.91 Å². The predicted molar refractivity (Wildman–Crippen MR) is 148 cm³/mol. The van der Waals surface area contributed by atoms with Crippen molar-refractivity contribution in [3.63, 3.8) is 0 Å². The largest absolute Gasteiger partial charge is 0.395 e. The first kappa shape index (κ1) is 24.6. The van der Waals surface area contributed by atoms with Gasteiger partial charge in [-0.1, -0.05) is 12.8 Å². The molecule has 196 valence electrons. The number of benzene rings is 1. The first-order valence-electron chi connectivity index (χ1n) is 13.4. The van der Waals surface area contributed by atoms with Crippen molar-refractivity contribution in [2.75, 3.05) is 52.3 Å². The molecule has 8 nitrogen and oxygen atoms in total. The Bertz CT molecular complexity index is 1210. The van der Waals surface area contributed by atoms with Crippen LogP contribution in [0.3, 0.4) is 0 Å². The molecule has 6 rings (SSSR count). The van der Waals surface area contributed by atoms with Gasteiger partial charge in [-0.3, -0.25) is 9.59 Å². The Kier molecular flexibility index (Phi) is 6.31. The number of carbonyl (C=O) groups is 2. The average molecular weight is 522 g/mol. The number of aromatic nitrogens is 1. The third-order valence-corrected chi connectivity index (χ3v) is 9.66. The van der Waals surface area contributed by atoms with Crippen molar-refractivity contribution in [2.45, 2.75) is 56.8 Å². The molecule has 0 unspecified atom stereocenters. The highest BCUT2D eigenvalue weighted by Crippen LogP contribution is 2.54. The lowest BCUT2D eigenvalue weighted by molar-refractivity contribution is -0.122. The molecule has 0 radical (unpaired) electrons. The van der Waals surface area contributed by atoms with E-state index in [0.29, 0.717) is 28.2 Å². The summed E-state index contributed by atoms with van der Waals surface area (Å²) in [4.78, 5) is 35.3. The van der Waals surface area contributed by atoms with Crippen LogP contribution in [0.1, 0.15) is 67.3 Å². The number of rotatable bonds is 7. The number of fused-ring (bicyclic) bond motifs is 2.